The average Bonchev–Trinajstić information content (AvgIpc) is 3.46. The van der Waals surface area contributed by atoms with Crippen molar-refractivity contribution in [2.24, 2.45) is 11.8 Å². The maximum atomic E-state index is 12.8. The summed E-state index contributed by atoms with van der Waals surface area (Å²) in [7, 11) is 0. The second-order valence-corrected chi connectivity index (χ2v) is 8.42. The number of rotatable bonds is 6. The van der Waals surface area contributed by atoms with Gasteiger partial charge in [-0.1, -0.05) is 50.3 Å². The molecule has 4 nitrogen and oxygen atoms in total. The van der Waals surface area contributed by atoms with Gasteiger partial charge in [0.25, 0.3) is 0 Å². The number of allylic oxidation sites excluding steroid dienone is 2. The zero-order valence-electron chi connectivity index (χ0n) is 15.8. The van der Waals surface area contributed by atoms with Gasteiger partial charge >= 0.3 is 0 Å². The van der Waals surface area contributed by atoms with Crippen LogP contribution >= 0.6 is 0 Å². The average molecular weight is 353 g/mol. The number of quaternary nitrogens is 1. The number of carbonyl (C=O) groups is 2. The van der Waals surface area contributed by atoms with E-state index in [0.717, 1.165) is 19.4 Å². The second kappa shape index (κ2) is 6.99. The quantitative estimate of drug-likeness (QED) is 0.630. The third kappa shape index (κ3) is 3.35. The minimum Gasteiger partial charge on any atom is -0.311 e. The molecule has 2 fully saturated rings. The highest BCUT2D eigenvalue weighted by Gasteiger charge is 2.49. The van der Waals surface area contributed by atoms with Gasteiger partial charge < -0.3 is 4.90 Å². The van der Waals surface area contributed by atoms with E-state index >= 15 is 0 Å². The van der Waals surface area contributed by atoms with E-state index in [9.17, 15) is 9.59 Å². The molecule has 26 heavy (non-hydrogen) atoms. The van der Waals surface area contributed by atoms with Gasteiger partial charge in [0.15, 0.2) is 6.67 Å². The Labute approximate surface area is 155 Å². The van der Waals surface area contributed by atoms with Crippen LogP contribution in [0.3, 0.4) is 0 Å². The lowest BCUT2D eigenvalue weighted by Crippen LogP contribution is -3.13. The number of fused-ring (bicyclic) bond motifs is 1. The molecule has 0 radical (unpaired) electrons. The van der Waals surface area contributed by atoms with Crippen LogP contribution in [-0.2, 0) is 16.1 Å². The normalized spacial score (nSPS) is 26.5. The van der Waals surface area contributed by atoms with Crippen molar-refractivity contribution in [3.8, 4) is 0 Å². The van der Waals surface area contributed by atoms with Crippen LogP contribution in [0.1, 0.15) is 56.6 Å². The van der Waals surface area contributed by atoms with Gasteiger partial charge in [-0.15, -0.1) is 0 Å². The SMILES string of the molecule is CC(C)c1ccc(C[NH+](CN2C(=O)[C@H]3CC=CC[C@H]3C2=O)C2CC2)cc1. The predicted octanol–water partition coefficient (Wildman–Crippen LogP) is 2.27. The summed E-state index contributed by atoms with van der Waals surface area (Å²) >= 11 is 0. The Morgan fingerprint density at radius 3 is 2.08 bits per heavy atom. The Morgan fingerprint density at radius 1 is 1.00 bits per heavy atom. The highest BCUT2D eigenvalue weighted by Crippen LogP contribution is 2.34. The number of hydrogen-bond donors (Lipinski definition) is 1. The first kappa shape index (κ1) is 17.5. The van der Waals surface area contributed by atoms with E-state index in [1.54, 1.807) is 4.90 Å². The summed E-state index contributed by atoms with van der Waals surface area (Å²) in [5.41, 5.74) is 2.64. The van der Waals surface area contributed by atoms with Crippen LogP contribution in [0.2, 0.25) is 0 Å². The topological polar surface area (TPSA) is 41.8 Å². The number of nitrogens with one attached hydrogen (secondary N) is 1. The van der Waals surface area contributed by atoms with Crippen LogP contribution in [-0.4, -0.2) is 29.4 Å². The van der Waals surface area contributed by atoms with E-state index < -0.39 is 0 Å². The zero-order chi connectivity index (χ0) is 18.3. The van der Waals surface area contributed by atoms with Crippen molar-refractivity contribution in [2.75, 3.05) is 6.67 Å². The number of amides is 2. The third-order valence-electron chi connectivity index (χ3n) is 6.19. The number of likely N-dealkylation sites (tertiary alicyclic amines) is 1. The smallest absolute Gasteiger partial charge is 0.237 e. The molecule has 4 rings (SSSR count). The first-order valence-electron chi connectivity index (χ1n) is 9.98. The molecule has 1 unspecified atom stereocenters. The number of nitrogens with zero attached hydrogens (tertiary/aromatic N) is 1. The molecule has 1 saturated carbocycles. The lowest BCUT2D eigenvalue weighted by Gasteiger charge is -2.24. The molecule has 3 atom stereocenters. The summed E-state index contributed by atoms with van der Waals surface area (Å²) in [6.07, 6.45) is 7.95. The Bertz CT molecular complexity index is 692. The molecule has 1 heterocycles. The van der Waals surface area contributed by atoms with Crippen LogP contribution < -0.4 is 4.90 Å². The highest BCUT2D eigenvalue weighted by atomic mass is 16.2. The lowest BCUT2D eigenvalue weighted by molar-refractivity contribution is -0.932. The lowest BCUT2D eigenvalue weighted by atomic mass is 9.85. The second-order valence-electron chi connectivity index (χ2n) is 8.42. The molecule has 1 aromatic rings. The molecule has 1 saturated heterocycles. The van der Waals surface area contributed by atoms with Gasteiger partial charge in [-0.2, -0.15) is 0 Å². The van der Waals surface area contributed by atoms with Crippen molar-refractivity contribution in [2.45, 2.75) is 58.0 Å². The highest BCUT2D eigenvalue weighted by molar-refractivity contribution is 6.05. The van der Waals surface area contributed by atoms with Crippen molar-refractivity contribution in [1.29, 1.82) is 0 Å². The molecule has 1 aromatic carbocycles. The van der Waals surface area contributed by atoms with E-state index in [4.69, 9.17) is 0 Å². The standard InChI is InChI=1S/C22H28N2O2/c1-15(2)17-9-7-16(8-10-17)13-23(18-11-12-18)14-24-21(25)19-5-3-4-6-20(19)22(24)26/h3-4,7-10,15,18-20H,5-6,11-14H2,1-2H3/p+1/t19-,20+. The van der Waals surface area contributed by atoms with Gasteiger partial charge in [0, 0.05) is 18.4 Å². The number of carbonyl (C=O) groups excluding carboxylic acids is 2. The predicted molar refractivity (Wildman–Crippen MR) is 100 cm³/mol. The van der Waals surface area contributed by atoms with Crippen molar-refractivity contribution < 1.29 is 14.5 Å². The Balaban J connectivity index is 1.46. The van der Waals surface area contributed by atoms with Gasteiger partial charge in [0.05, 0.1) is 17.9 Å². The van der Waals surface area contributed by atoms with Gasteiger partial charge in [0.1, 0.15) is 6.54 Å². The molecule has 0 aromatic heterocycles. The number of hydrogen-bond acceptors (Lipinski definition) is 2. The van der Waals surface area contributed by atoms with Crippen LogP contribution in [0, 0.1) is 11.8 Å². The molecular weight excluding hydrogens is 324 g/mol. The minimum atomic E-state index is -0.113. The summed E-state index contributed by atoms with van der Waals surface area (Å²) in [6, 6.07) is 9.40. The first-order chi connectivity index (χ1) is 12.5. The largest absolute Gasteiger partial charge is 0.311 e. The van der Waals surface area contributed by atoms with Gasteiger partial charge in [0.2, 0.25) is 11.8 Å². The first-order valence-corrected chi connectivity index (χ1v) is 9.98. The maximum absolute atomic E-state index is 12.8. The van der Waals surface area contributed by atoms with E-state index in [0.29, 0.717) is 18.6 Å². The fourth-order valence-electron chi connectivity index (χ4n) is 4.33. The number of benzene rings is 1. The van der Waals surface area contributed by atoms with Gasteiger partial charge in [-0.3, -0.25) is 9.59 Å². The molecular formula is C22H29N2O2+. The molecule has 1 N–H and O–H groups in total. The van der Waals surface area contributed by atoms with Crippen LogP contribution in [0.4, 0.5) is 0 Å². The van der Waals surface area contributed by atoms with Crippen LogP contribution in [0.5, 0.6) is 0 Å². The maximum Gasteiger partial charge on any atom is 0.237 e. The Hall–Kier alpha value is -1.94. The molecule has 4 heteroatoms. The van der Waals surface area contributed by atoms with Crippen LogP contribution in [0.25, 0.3) is 0 Å². The van der Waals surface area contributed by atoms with Gasteiger partial charge in [-0.25, -0.2) is 4.90 Å². The summed E-state index contributed by atoms with van der Waals surface area (Å²) in [6.45, 7) is 5.82. The van der Waals surface area contributed by atoms with Crippen molar-refractivity contribution in [1.82, 2.24) is 4.90 Å². The van der Waals surface area contributed by atoms with Crippen molar-refractivity contribution in [3.05, 3.63) is 47.5 Å². The van der Waals surface area contributed by atoms with Crippen molar-refractivity contribution >= 4 is 11.8 Å². The Morgan fingerprint density at radius 2 is 1.58 bits per heavy atom. The van der Waals surface area contributed by atoms with E-state index in [1.165, 1.54) is 28.9 Å². The van der Waals surface area contributed by atoms with Crippen LogP contribution in [0.15, 0.2) is 36.4 Å². The third-order valence-corrected chi connectivity index (χ3v) is 6.19. The molecule has 2 aliphatic carbocycles. The molecule has 138 valence electrons. The Kier molecular flexibility index (Phi) is 4.70. The molecule has 0 spiro atoms. The fraction of sp³-hybridized carbons (Fsp3) is 0.545. The zero-order valence-corrected chi connectivity index (χ0v) is 15.8. The number of imide groups is 1. The monoisotopic (exact) mass is 353 g/mol. The summed E-state index contributed by atoms with van der Waals surface area (Å²) in [4.78, 5) is 28.4. The molecule has 1 aliphatic heterocycles. The fourth-order valence-corrected chi connectivity index (χ4v) is 4.33. The molecule has 3 aliphatic rings. The van der Waals surface area contributed by atoms with Crippen molar-refractivity contribution in [3.63, 3.8) is 0 Å². The van der Waals surface area contributed by atoms with E-state index in [2.05, 4.69) is 50.3 Å². The minimum absolute atomic E-state index is 0.0534. The van der Waals surface area contributed by atoms with E-state index in [1.807, 2.05) is 0 Å². The molecule has 2 amide bonds. The van der Waals surface area contributed by atoms with Gasteiger partial charge in [-0.05, 0) is 24.3 Å². The summed E-state index contributed by atoms with van der Waals surface area (Å²) < 4.78 is 0. The summed E-state index contributed by atoms with van der Waals surface area (Å²) in [5, 5.41) is 0. The molecule has 0 bridgehead atoms. The van der Waals surface area contributed by atoms with E-state index in [-0.39, 0.29) is 23.7 Å². The summed E-state index contributed by atoms with van der Waals surface area (Å²) in [5.74, 6) is 0.416.